The molecule has 2 N–H and O–H groups in total. The maximum absolute atomic E-state index is 12.9. The van der Waals surface area contributed by atoms with Gasteiger partial charge in [-0.1, -0.05) is 36.4 Å². The van der Waals surface area contributed by atoms with Gasteiger partial charge in [-0.05, 0) is 29.7 Å². The molecule has 2 aromatic rings. The predicted molar refractivity (Wildman–Crippen MR) is 69.2 cm³/mol. The first-order chi connectivity index (χ1) is 9.39. The Balaban J connectivity index is 2.44. The summed E-state index contributed by atoms with van der Waals surface area (Å²) in [6.07, 6.45) is -4.41. The van der Waals surface area contributed by atoms with Crippen LogP contribution in [0.5, 0.6) is 0 Å². The minimum Gasteiger partial charge on any atom is -0.366 e. The summed E-state index contributed by atoms with van der Waals surface area (Å²) in [6, 6.07) is 11.7. The van der Waals surface area contributed by atoms with E-state index in [2.05, 4.69) is 0 Å². The maximum Gasteiger partial charge on any atom is 0.416 e. The number of primary amides is 1. The molecule has 0 aromatic heterocycles. The number of carbonyl (C=O) groups is 1. The molecule has 104 valence electrons. The molecule has 0 aliphatic rings. The molecule has 0 spiro atoms. The first-order valence-corrected chi connectivity index (χ1v) is 5.92. The third kappa shape index (κ3) is 2.99. The highest BCUT2D eigenvalue weighted by Gasteiger charge is 2.32. The summed E-state index contributed by atoms with van der Waals surface area (Å²) in [4.78, 5) is 11.3. The van der Waals surface area contributed by atoms with Crippen molar-refractivity contribution >= 4 is 5.91 Å². The molecule has 0 bridgehead atoms. The molecule has 0 heterocycles. The Kier molecular flexibility index (Phi) is 3.79. The number of alkyl halides is 3. The first-order valence-electron chi connectivity index (χ1n) is 5.92. The molecule has 0 saturated heterocycles. The van der Waals surface area contributed by atoms with Gasteiger partial charge in [-0.15, -0.1) is 0 Å². The number of hydrogen-bond acceptors (Lipinski definition) is 1. The summed E-state index contributed by atoms with van der Waals surface area (Å²) in [6.45, 7) is 0. The lowest BCUT2D eigenvalue weighted by molar-refractivity contribution is -0.138. The Morgan fingerprint density at radius 1 is 0.950 bits per heavy atom. The fourth-order valence-electron chi connectivity index (χ4n) is 2.07. The fraction of sp³-hybridized carbons (Fsp3) is 0.133. The van der Waals surface area contributed by atoms with Gasteiger partial charge in [0.1, 0.15) is 0 Å². The van der Waals surface area contributed by atoms with Crippen molar-refractivity contribution in [3.05, 3.63) is 70.8 Å². The highest BCUT2D eigenvalue weighted by molar-refractivity contribution is 5.94. The third-order valence-electron chi connectivity index (χ3n) is 2.99. The number of hydrogen-bond donors (Lipinski definition) is 1. The van der Waals surface area contributed by atoms with Crippen LogP contribution in [0.1, 0.15) is 27.0 Å². The number of nitrogens with two attached hydrogens (primary N) is 1. The van der Waals surface area contributed by atoms with Gasteiger partial charge >= 0.3 is 6.18 Å². The Morgan fingerprint density at radius 3 is 2.10 bits per heavy atom. The zero-order valence-electron chi connectivity index (χ0n) is 10.4. The van der Waals surface area contributed by atoms with Crippen LogP contribution in [0.2, 0.25) is 0 Å². The molecule has 0 radical (unpaired) electrons. The summed E-state index contributed by atoms with van der Waals surface area (Å²) in [7, 11) is 0. The van der Waals surface area contributed by atoms with Gasteiger partial charge in [0.05, 0.1) is 5.56 Å². The van der Waals surface area contributed by atoms with Gasteiger partial charge in [0, 0.05) is 5.56 Å². The number of halogens is 3. The van der Waals surface area contributed by atoms with Crippen molar-refractivity contribution in [2.45, 2.75) is 12.6 Å². The molecule has 0 aliphatic carbocycles. The lowest BCUT2D eigenvalue weighted by atomic mass is 9.96. The number of rotatable bonds is 3. The molecule has 0 atom stereocenters. The highest BCUT2D eigenvalue weighted by Crippen LogP contribution is 2.33. The summed E-state index contributed by atoms with van der Waals surface area (Å²) in [5.41, 5.74) is 5.38. The van der Waals surface area contributed by atoms with Crippen molar-refractivity contribution in [1.82, 2.24) is 0 Å². The lowest BCUT2D eigenvalue weighted by Crippen LogP contribution is -2.15. The van der Waals surface area contributed by atoms with Crippen LogP contribution in [-0.2, 0) is 12.6 Å². The smallest absolute Gasteiger partial charge is 0.366 e. The quantitative estimate of drug-likeness (QED) is 0.919. The van der Waals surface area contributed by atoms with E-state index >= 15 is 0 Å². The molecular formula is C15H12F3NO. The molecule has 0 aliphatic heterocycles. The van der Waals surface area contributed by atoms with Gasteiger partial charge in [-0.3, -0.25) is 4.79 Å². The largest absolute Gasteiger partial charge is 0.416 e. The van der Waals surface area contributed by atoms with Gasteiger partial charge in [0.2, 0.25) is 5.91 Å². The van der Waals surface area contributed by atoms with E-state index in [9.17, 15) is 18.0 Å². The third-order valence-corrected chi connectivity index (χ3v) is 2.99. The van der Waals surface area contributed by atoms with Gasteiger partial charge in [-0.25, -0.2) is 0 Å². The van der Waals surface area contributed by atoms with Gasteiger partial charge in [0.25, 0.3) is 0 Å². The SMILES string of the molecule is NC(=O)c1ccccc1Cc1ccccc1C(F)(F)F. The molecule has 1 amide bonds. The summed E-state index contributed by atoms with van der Waals surface area (Å²) < 4.78 is 38.8. The predicted octanol–water partition coefficient (Wildman–Crippen LogP) is 3.40. The van der Waals surface area contributed by atoms with Crippen molar-refractivity contribution in [3.63, 3.8) is 0 Å². The van der Waals surface area contributed by atoms with Crippen LogP contribution in [-0.4, -0.2) is 5.91 Å². The Morgan fingerprint density at radius 2 is 1.50 bits per heavy atom. The standard InChI is InChI=1S/C15H12F3NO/c16-15(17,18)13-8-4-2-6-11(13)9-10-5-1-3-7-12(10)14(19)20/h1-8H,9H2,(H2,19,20). The van der Waals surface area contributed by atoms with Crippen LogP contribution < -0.4 is 5.73 Å². The normalized spacial score (nSPS) is 11.3. The molecular weight excluding hydrogens is 267 g/mol. The zero-order chi connectivity index (χ0) is 14.8. The average molecular weight is 279 g/mol. The van der Waals surface area contributed by atoms with E-state index in [4.69, 9.17) is 5.73 Å². The van der Waals surface area contributed by atoms with Crippen LogP contribution in [0.3, 0.4) is 0 Å². The minimum atomic E-state index is -4.42. The van der Waals surface area contributed by atoms with E-state index in [0.29, 0.717) is 5.56 Å². The number of amides is 1. The van der Waals surface area contributed by atoms with Crippen molar-refractivity contribution in [2.75, 3.05) is 0 Å². The molecule has 2 aromatic carbocycles. The molecule has 20 heavy (non-hydrogen) atoms. The van der Waals surface area contributed by atoms with Crippen molar-refractivity contribution in [2.24, 2.45) is 5.73 Å². The van der Waals surface area contributed by atoms with E-state index in [0.717, 1.165) is 6.07 Å². The van der Waals surface area contributed by atoms with Gasteiger partial charge in [-0.2, -0.15) is 13.2 Å². The van der Waals surface area contributed by atoms with E-state index in [-0.39, 0.29) is 17.5 Å². The number of benzene rings is 2. The maximum atomic E-state index is 12.9. The van der Waals surface area contributed by atoms with Gasteiger partial charge < -0.3 is 5.73 Å². The number of carbonyl (C=O) groups excluding carboxylic acids is 1. The van der Waals surface area contributed by atoms with E-state index < -0.39 is 17.6 Å². The second-order valence-electron chi connectivity index (χ2n) is 4.35. The lowest BCUT2D eigenvalue weighted by Gasteiger charge is -2.13. The molecule has 2 nitrogen and oxygen atoms in total. The van der Waals surface area contributed by atoms with E-state index in [1.165, 1.54) is 24.3 Å². The zero-order valence-corrected chi connectivity index (χ0v) is 10.4. The van der Waals surface area contributed by atoms with E-state index in [1.807, 2.05) is 0 Å². The van der Waals surface area contributed by atoms with Crippen LogP contribution in [0.15, 0.2) is 48.5 Å². The van der Waals surface area contributed by atoms with Crippen LogP contribution >= 0.6 is 0 Å². The van der Waals surface area contributed by atoms with Gasteiger partial charge in [0.15, 0.2) is 0 Å². The molecule has 5 heteroatoms. The molecule has 2 rings (SSSR count). The summed E-state index contributed by atoms with van der Waals surface area (Å²) >= 11 is 0. The topological polar surface area (TPSA) is 43.1 Å². The average Bonchev–Trinajstić information content (AvgIpc) is 2.38. The monoisotopic (exact) mass is 279 g/mol. The summed E-state index contributed by atoms with van der Waals surface area (Å²) in [5, 5.41) is 0. The van der Waals surface area contributed by atoms with Crippen LogP contribution in [0.25, 0.3) is 0 Å². The second-order valence-corrected chi connectivity index (χ2v) is 4.35. The van der Waals surface area contributed by atoms with Crippen molar-refractivity contribution < 1.29 is 18.0 Å². The summed E-state index contributed by atoms with van der Waals surface area (Å²) in [5.74, 6) is -0.648. The van der Waals surface area contributed by atoms with Crippen LogP contribution in [0.4, 0.5) is 13.2 Å². The molecule has 0 fully saturated rings. The fourth-order valence-corrected chi connectivity index (χ4v) is 2.07. The molecule has 0 saturated carbocycles. The second kappa shape index (κ2) is 5.36. The van der Waals surface area contributed by atoms with Crippen molar-refractivity contribution in [1.29, 1.82) is 0 Å². The van der Waals surface area contributed by atoms with Crippen LogP contribution in [0, 0.1) is 0 Å². The molecule has 0 unspecified atom stereocenters. The Labute approximate surface area is 114 Å². The minimum absolute atomic E-state index is 0.00873. The Bertz CT molecular complexity index is 635. The van der Waals surface area contributed by atoms with Crippen molar-refractivity contribution in [3.8, 4) is 0 Å². The first kappa shape index (κ1) is 14.1. The van der Waals surface area contributed by atoms with E-state index in [1.54, 1.807) is 18.2 Å². The Hall–Kier alpha value is -2.30. The highest BCUT2D eigenvalue weighted by atomic mass is 19.4.